The predicted molar refractivity (Wildman–Crippen MR) is 66.4 cm³/mol. The fraction of sp³-hybridized carbons (Fsp3) is 0.417. The number of hydrogen-bond donors (Lipinski definition) is 1. The van der Waals surface area contributed by atoms with Crippen molar-refractivity contribution in [1.29, 1.82) is 0 Å². The first kappa shape index (κ1) is 20.4. The van der Waals surface area contributed by atoms with Crippen molar-refractivity contribution in [3.63, 3.8) is 0 Å². The Morgan fingerprint density at radius 2 is 1.81 bits per heavy atom. The van der Waals surface area contributed by atoms with Gasteiger partial charge in [-0.15, -0.1) is 0 Å². The number of benzene rings is 1. The van der Waals surface area contributed by atoms with E-state index in [1.54, 1.807) is 0 Å². The Balaban J connectivity index is 0.00000400. The van der Waals surface area contributed by atoms with Gasteiger partial charge in [0.15, 0.2) is 0 Å². The van der Waals surface area contributed by atoms with Gasteiger partial charge in [0.2, 0.25) is 0 Å². The quantitative estimate of drug-likeness (QED) is 0.282. The molecule has 1 aromatic rings. The molecule has 0 saturated carbocycles. The first-order valence-corrected chi connectivity index (χ1v) is 7.29. The molecule has 0 spiro atoms. The molecule has 1 aromatic carbocycles. The van der Waals surface area contributed by atoms with Gasteiger partial charge in [0.25, 0.3) is 10.1 Å². The minimum absolute atomic E-state index is 0. The third kappa shape index (κ3) is 7.79. The summed E-state index contributed by atoms with van der Waals surface area (Å²) < 4.78 is 33.0. The standard InChI is InChI=1S/C12H16O7S.Na/c13-7-9-19-20(16,17)11-5-3-10(4-6-11)18-8-1-2-12(14)15;/h3-6,13H,1-2,7-9H2,(H,14,15);/q;+1/p-1. The summed E-state index contributed by atoms with van der Waals surface area (Å²) in [5.41, 5.74) is 0. The van der Waals surface area contributed by atoms with E-state index >= 15 is 0 Å². The Kier molecular flexibility index (Phi) is 9.84. The Morgan fingerprint density at radius 1 is 1.19 bits per heavy atom. The van der Waals surface area contributed by atoms with Crippen LogP contribution in [0.4, 0.5) is 0 Å². The van der Waals surface area contributed by atoms with Crippen LogP contribution < -0.4 is 39.4 Å². The largest absolute Gasteiger partial charge is 1.00 e. The first-order chi connectivity index (χ1) is 9.45. The smallest absolute Gasteiger partial charge is 0.550 e. The van der Waals surface area contributed by atoms with E-state index in [-0.39, 0.29) is 54.1 Å². The van der Waals surface area contributed by atoms with Crippen molar-refractivity contribution in [1.82, 2.24) is 0 Å². The first-order valence-electron chi connectivity index (χ1n) is 5.88. The van der Waals surface area contributed by atoms with Crippen LogP contribution in [0.5, 0.6) is 5.75 Å². The molecule has 0 heterocycles. The SMILES string of the molecule is O=C([O-])CCCOc1ccc(S(=O)(=O)OCCO)cc1.[Na+]. The minimum atomic E-state index is -3.88. The molecule has 9 heteroatoms. The molecule has 0 saturated heterocycles. The second kappa shape index (κ2) is 10.1. The molecular weight excluding hydrogens is 311 g/mol. The molecular formula is C12H15NaO7S. The van der Waals surface area contributed by atoms with Crippen molar-refractivity contribution < 1.29 is 61.9 Å². The molecule has 0 radical (unpaired) electrons. The summed E-state index contributed by atoms with van der Waals surface area (Å²) >= 11 is 0. The van der Waals surface area contributed by atoms with Gasteiger partial charge in [-0.1, -0.05) is 0 Å². The van der Waals surface area contributed by atoms with E-state index in [4.69, 9.17) is 9.84 Å². The zero-order valence-corrected chi connectivity index (χ0v) is 14.5. The molecule has 0 atom stereocenters. The van der Waals surface area contributed by atoms with Gasteiger partial charge in [0.1, 0.15) is 5.75 Å². The molecule has 0 aliphatic heterocycles. The number of carbonyl (C=O) groups excluding carboxylic acids is 1. The average Bonchev–Trinajstić information content (AvgIpc) is 2.42. The van der Waals surface area contributed by atoms with E-state index in [0.717, 1.165) is 0 Å². The number of carboxylic acids is 1. The molecule has 0 aromatic heterocycles. The molecule has 1 N–H and O–H groups in total. The van der Waals surface area contributed by atoms with E-state index in [1.165, 1.54) is 24.3 Å². The van der Waals surface area contributed by atoms with E-state index in [0.29, 0.717) is 12.2 Å². The van der Waals surface area contributed by atoms with Crippen LogP contribution in [0.3, 0.4) is 0 Å². The number of hydrogen-bond acceptors (Lipinski definition) is 7. The fourth-order valence-electron chi connectivity index (χ4n) is 1.32. The Hall–Kier alpha value is -0.640. The number of aliphatic hydroxyl groups excluding tert-OH is 1. The summed E-state index contributed by atoms with van der Waals surface area (Å²) in [4.78, 5) is 10.1. The summed E-state index contributed by atoms with van der Waals surface area (Å²) in [6.45, 7) is -0.496. The van der Waals surface area contributed by atoms with E-state index in [1.807, 2.05) is 0 Å². The number of aliphatic hydroxyl groups is 1. The Bertz CT molecular complexity index is 527. The van der Waals surface area contributed by atoms with Gasteiger partial charge in [-0.05, 0) is 37.1 Å². The summed E-state index contributed by atoms with van der Waals surface area (Å²) in [5.74, 6) is -0.722. The monoisotopic (exact) mass is 326 g/mol. The third-order valence-corrected chi connectivity index (χ3v) is 3.56. The van der Waals surface area contributed by atoms with Gasteiger partial charge in [0.05, 0.1) is 24.7 Å². The van der Waals surface area contributed by atoms with Gasteiger partial charge in [-0.25, -0.2) is 0 Å². The molecule has 112 valence electrons. The molecule has 0 aliphatic carbocycles. The molecule has 0 unspecified atom stereocenters. The Morgan fingerprint density at radius 3 is 2.33 bits per heavy atom. The van der Waals surface area contributed by atoms with Crippen LogP contribution in [-0.4, -0.2) is 39.3 Å². The van der Waals surface area contributed by atoms with Crippen LogP contribution in [0.1, 0.15) is 12.8 Å². The number of aliphatic carboxylic acids is 1. The molecule has 0 fully saturated rings. The van der Waals surface area contributed by atoms with E-state index in [2.05, 4.69) is 4.18 Å². The molecule has 21 heavy (non-hydrogen) atoms. The van der Waals surface area contributed by atoms with Crippen molar-refractivity contribution in [3.8, 4) is 5.75 Å². The van der Waals surface area contributed by atoms with Crippen LogP contribution in [-0.2, 0) is 19.1 Å². The van der Waals surface area contributed by atoms with E-state index in [9.17, 15) is 18.3 Å². The topological polar surface area (TPSA) is 113 Å². The zero-order valence-electron chi connectivity index (χ0n) is 11.6. The number of rotatable bonds is 9. The van der Waals surface area contributed by atoms with Crippen molar-refractivity contribution >= 4 is 16.1 Å². The average molecular weight is 326 g/mol. The summed E-state index contributed by atoms with van der Waals surface area (Å²) in [6.07, 6.45) is 0.212. The van der Waals surface area contributed by atoms with Gasteiger partial charge in [-0.2, -0.15) is 8.42 Å². The van der Waals surface area contributed by atoms with Crippen LogP contribution >= 0.6 is 0 Å². The maximum Gasteiger partial charge on any atom is 1.00 e. The number of carboxylic acid groups (broad SMARTS) is 1. The third-order valence-electron chi connectivity index (χ3n) is 2.24. The normalized spacial score (nSPS) is 10.7. The van der Waals surface area contributed by atoms with Gasteiger partial charge < -0.3 is 19.7 Å². The second-order valence-corrected chi connectivity index (χ2v) is 5.41. The van der Waals surface area contributed by atoms with Crippen LogP contribution in [0.25, 0.3) is 0 Å². The van der Waals surface area contributed by atoms with Crippen molar-refractivity contribution in [3.05, 3.63) is 24.3 Å². The molecule has 1 rings (SSSR count). The van der Waals surface area contributed by atoms with Crippen LogP contribution in [0.2, 0.25) is 0 Å². The maximum atomic E-state index is 11.6. The summed E-state index contributed by atoms with van der Waals surface area (Å²) in [6, 6.07) is 5.49. The maximum absolute atomic E-state index is 11.6. The van der Waals surface area contributed by atoms with E-state index < -0.39 is 22.7 Å². The summed E-state index contributed by atoms with van der Waals surface area (Å²) in [5, 5.41) is 18.7. The second-order valence-electron chi connectivity index (χ2n) is 3.80. The zero-order chi connectivity index (χ0) is 15.0. The van der Waals surface area contributed by atoms with Crippen LogP contribution in [0, 0.1) is 0 Å². The van der Waals surface area contributed by atoms with Gasteiger partial charge in [-0.3, -0.25) is 4.18 Å². The Labute approximate surface area is 145 Å². The van der Waals surface area contributed by atoms with Crippen molar-refractivity contribution in [2.75, 3.05) is 19.8 Å². The predicted octanol–water partition coefficient (Wildman–Crippen LogP) is -3.70. The minimum Gasteiger partial charge on any atom is -0.550 e. The fourth-order valence-corrected chi connectivity index (χ4v) is 2.22. The molecule has 0 bridgehead atoms. The number of carbonyl (C=O) groups is 1. The van der Waals surface area contributed by atoms with Gasteiger partial charge >= 0.3 is 29.6 Å². The molecule has 0 amide bonds. The molecule has 7 nitrogen and oxygen atoms in total. The number of ether oxygens (including phenoxy) is 1. The van der Waals surface area contributed by atoms with Crippen molar-refractivity contribution in [2.45, 2.75) is 17.7 Å². The molecule has 0 aliphatic rings. The van der Waals surface area contributed by atoms with Gasteiger partial charge in [0, 0.05) is 5.97 Å². The summed E-state index contributed by atoms with van der Waals surface area (Å²) in [7, 11) is -3.88. The van der Waals surface area contributed by atoms with Crippen LogP contribution in [0.15, 0.2) is 29.2 Å². The van der Waals surface area contributed by atoms with Crippen molar-refractivity contribution in [2.24, 2.45) is 0 Å².